The number of carbonyl (C=O) groups excluding carboxylic acids is 1. The van der Waals surface area contributed by atoms with Gasteiger partial charge in [0.1, 0.15) is 5.78 Å². The molecule has 0 radical (unpaired) electrons. The first-order valence-corrected chi connectivity index (χ1v) is 6.34. The van der Waals surface area contributed by atoms with Gasteiger partial charge in [-0.05, 0) is 36.0 Å². The largest absolute Gasteiger partial charge is 0.300 e. The quantitative estimate of drug-likeness (QED) is 0.671. The highest BCUT2D eigenvalue weighted by molar-refractivity contribution is 5.79. The van der Waals surface area contributed by atoms with Crippen molar-refractivity contribution in [2.24, 2.45) is 23.2 Å². The predicted octanol–water partition coefficient (Wildman–Crippen LogP) is 4.06. The van der Waals surface area contributed by atoms with Gasteiger partial charge < -0.3 is 0 Å². The molecule has 0 N–H and O–H groups in total. The Morgan fingerprint density at radius 3 is 1.93 bits per heavy atom. The zero-order valence-electron chi connectivity index (χ0n) is 11.0. The topological polar surface area (TPSA) is 17.1 Å². The van der Waals surface area contributed by atoms with Gasteiger partial charge in [0.05, 0.1) is 0 Å². The second-order valence-electron chi connectivity index (χ2n) is 6.51. The van der Waals surface area contributed by atoms with Gasteiger partial charge in [-0.15, -0.1) is 0 Å². The molecule has 0 spiro atoms. The SMILES string of the molecule is CC(C)C(C1CCC(=O)CC1)C(C)(C)C. The Morgan fingerprint density at radius 1 is 1.13 bits per heavy atom. The predicted molar refractivity (Wildman–Crippen MR) is 64.7 cm³/mol. The van der Waals surface area contributed by atoms with Crippen molar-refractivity contribution in [2.75, 3.05) is 0 Å². The highest BCUT2D eigenvalue weighted by Gasteiger charge is 2.35. The molecule has 0 bridgehead atoms. The summed E-state index contributed by atoms with van der Waals surface area (Å²) >= 11 is 0. The first kappa shape index (κ1) is 12.7. The second-order valence-corrected chi connectivity index (χ2v) is 6.51. The van der Waals surface area contributed by atoms with Crippen LogP contribution in [0.3, 0.4) is 0 Å². The maximum Gasteiger partial charge on any atom is 0.132 e. The summed E-state index contributed by atoms with van der Waals surface area (Å²) in [5.41, 5.74) is 0.374. The number of Topliss-reactive ketones (excluding diaryl/α,β-unsaturated/α-hetero) is 1. The van der Waals surface area contributed by atoms with Gasteiger partial charge in [0, 0.05) is 12.8 Å². The van der Waals surface area contributed by atoms with E-state index in [1.807, 2.05) is 0 Å². The fourth-order valence-corrected chi connectivity index (χ4v) is 3.57. The van der Waals surface area contributed by atoms with Crippen molar-refractivity contribution in [3.63, 3.8) is 0 Å². The van der Waals surface area contributed by atoms with Crippen LogP contribution in [0.5, 0.6) is 0 Å². The highest BCUT2D eigenvalue weighted by Crippen LogP contribution is 2.43. The number of rotatable bonds is 2. The highest BCUT2D eigenvalue weighted by atomic mass is 16.1. The molecule has 15 heavy (non-hydrogen) atoms. The Bertz CT molecular complexity index is 212. The Kier molecular flexibility index (Phi) is 3.97. The average Bonchev–Trinajstić information content (AvgIpc) is 2.05. The molecular weight excluding hydrogens is 184 g/mol. The molecule has 1 heteroatoms. The van der Waals surface area contributed by atoms with Crippen molar-refractivity contribution in [3.8, 4) is 0 Å². The molecule has 1 saturated carbocycles. The van der Waals surface area contributed by atoms with E-state index < -0.39 is 0 Å². The number of hydrogen-bond donors (Lipinski definition) is 0. The molecule has 1 fully saturated rings. The van der Waals surface area contributed by atoms with E-state index in [-0.39, 0.29) is 0 Å². The van der Waals surface area contributed by atoms with Gasteiger partial charge in [-0.3, -0.25) is 4.79 Å². The van der Waals surface area contributed by atoms with Gasteiger partial charge in [0.2, 0.25) is 0 Å². The number of ketones is 1. The molecule has 0 amide bonds. The zero-order valence-corrected chi connectivity index (χ0v) is 11.0. The fraction of sp³-hybridized carbons (Fsp3) is 0.929. The Hall–Kier alpha value is -0.330. The van der Waals surface area contributed by atoms with Crippen molar-refractivity contribution >= 4 is 5.78 Å². The van der Waals surface area contributed by atoms with Crippen molar-refractivity contribution in [3.05, 3.63) is 0 Å². The maximum atomic E-state index is 11.3. The number of carbonyl (C=O) groups is 1. The van der Waals surface area contributed by atoms with Gasteiger partial charge in [-0.2, -0.15) is 0 Å². The molecule has 1 unspecified atom stereocenters. The van der Waals surface area contributed by atoms with Gasteiger partial charge in [0.15, 0.2) is 0 Å². The summed E-state index contributed by atoms with van der Waals surface area (Å²) in [4.78, 5) is 11.3. The van der Waals surface area contributed by atoms with E-state index in [1.165, 1.54) is 0 Å². The van der Waals surface area contributed by atoms with Crippen LogP contribution in [0, 0.1) is 23.2 Å². The third-order valence-electron chi connectivity index (χ3n) is 3.81. The Morgan fingerprint density at radius 2 is 1.60 bits per heavy atom. The minimum atomic E-state index is 0.374. The number of hydrogen-bond acceptors (Lipinski definition) is 1. The lowest BCUT2D eigenvalue weighted by atomic mass is 9.64. The lowest BCUT2D eigenvalue weighted by molar-refractivity contribution is -0.122. The zero-order chi connectivity index (χ0) is 11.6. The van der Waals surface area contributed by atoms with E-state index in [4.69, 9.17) is 0 Å². The molecule has 1 aliphatic rings. The van der Waals surface area contributed by atoms with E-state index in [0.717, 1.165) is 43.4 Å². The summed E-state index contributed by atoms with van der Waals surface area (Å²) in [7, 11) is 0. The molecule has 0 aromatic carbocycles. The normalized spacial score (nSPS) is 22.1. The van der Waals surface area contributed by atoms with Crippen molar-refractivity contribution < 1.29 is 4.79 Å². The van der Waals surface area contributed by atoms with E-state index in [2.05, 4.69) is 34.6 Å². The van der Waals surface area contributed by atoms with Crippen LogP contribution in [0.15, 0.2) is 0 Å². The molecule has 1 aliphatic carbocycles. The van der Waals surface area contributed by atoms with Crippen molar-refractivity contribution in [2.45, 2.75) is 60.3 Å². The lowest BCUT2D eigenvalue weighted by Gasteiger charge is -2.41. The lowest BCUT2D eigenvalue weighted by Crippen LogP contribution is -2.34. The third kappa shape index (κ3) is 3.32. The molecule has 88 valence electrons. The monoisotopic (exact) mass is 210 g/mol. The minimum absolute atomic E-state index is 0.374. The van der Waals surface area contributed by atoms with E-state index in [9.17, 15) is 4.79 Å². The Balaban J connectivity index is 2.69. The molecule has 0 aromatic heterocycles. The van der Waals surface area contributed by atoms with E-state index in [0.29, 0.717) is 11.2 Å². The fourth-order valence-electron chi connectivity index (χ4n) is 3.57. The van der Waals surface area contributed by atoms with Crippen LogP contribution in [0.4, 0.5) is 0 Å². The van der Waals surface area contributed by atoms with Crippen LogP contribution in [0.25, 0.3) is 0 Å². The van der Waals surface area contributed by atoms with E-state index in [1.54, 1.807) is 0 Å². The summed E-state index contributed by atoms with van der Waals surface area (Å²) in [6.45, 7) is 11.7. The smallest absolute Gasteiger partial charge is 0.132 e. The minimum Gasteiger partial charge on any atom is -0.300 e. The van der Waals surface area contributed by atoms with Gasteiger partial charge in [-0.25, -0.2) is 0 Å². The molecule has 0 heterocycles. The summed E-state index contributed by atoms with van der Waals surface area (Å²) in [5, 5.41) is 0. The van der Waals surface area contributed by atoms with Crippen LogP contribution >= 0.6 is 0 Å². The third-order valence-corrected chi connectivity index (χ3v) is 3.81. The molecule has 1 atom stereocenters. The molecule has 0 saturated heterocycles. The van der Waals surface area contributed by atoms with Crippen LogP contribution in [-0.4, -0.2) is 5.78 Å². The summed E-state index contributed by atoms with van der Waals surface area (Å²) in [6, 6.07) is 0. The second kappa shape index (κ2) is 4.67. The van der Waals surface area contributed by atoms with Gasteiger partial charge in [0.25, 0.3) is 0 Å². The molecular formula is C14H26O. The van der Waals surface area contributed by atoms with Crippen LogP contribution < -0.4 is 0 Å². The van der Waals surface area contributed by atoms with Crippen molar-refractivity contribution in [1.82, 2.24) is 0 Å². The summed E-state index contributed by atoms with van der Waals surface area (Å²) < 4.78 is 0. The van der Waals surface area contributed by atoms with Crippen molar-refractivity contribution in [1.29, 1.82) is 0 Å². The van der Waals surface area contributed by atoms with Crippen LogP contribution in [-0.2, 0) is 4.79 Å². The summed E-state index contributed by atoms with van der Waals surface area (Å²) in [5.74, 6) is 2.72. The maximum absolute atomic E-state index is 11.3. The first-order chi connectivity index (χ1) is 6.82. The van der Waals surface area contributed by atoms with Gasteiger partial charge in [-0.1, -0.05) is 34.6 Å². The Labute approximate surface area is 94.6 Å². The molecule has 1 rings (SSSR count). The van der Waals surface area contributed by atoms with Gasteiger partial charge >= 0.3 is 0 Å². The standard InChI is InChI=1S/C14H26O/c1-10(2)13(14(3,4)5)11-6-8-12(15)9-7-11/h10-11,13H,6-9H2,1-5H3. The average molecular weight is 210 g/mol. The van der Waals surface area contributed by atoms with Crippen LogP contribution in [0.1, 0.15) is 60.3 Å². The molecule has 0 aromatic rings. The van der Waals surface area contributed by atoms with Crippen LogP contribution in [0.2, 0.25) is 0 Å². The first-order valence-electron chi connectivity index (χ1n) is 6.34. The molecule has 1 nitrogen and oxygen atoms in total. The summed E-state index contributed by atoms with van der Waals surface area (Å²) in [6.07, 6.45) is 3.89. The molecule has 0 aliphatic heterocycles. The van der Waals surface area contributed by atoms with E-state index >= 15 is 0 Å².